The maximum absolute atomic E-state index is 14.8. The number of hydrogen-bond acceptors (Lipinski definition) is 7. The molecular formula is C22H22FN3O6S. The molecule has 0 aliphatic heterocycles. The molecule has 2 aromatic rings. The van der Waals surface area contributed by atoms with Gasteiger partial charge in [0, 0.05) is 25.3 Å². The SMILES string of the molecule is C[C@@](CCn1cnc2c(F)c(C#CC#C[C@H]3C[C@@H]3CO)ccc2c1=O)(C(=O)NO)S(C)(=O)=O. The van der Waals surface area contributed by atoms with E-state index in [2.05, 4.69) is 28.7 Å². The Labute approximate surface area is 189 Å². The van der Waals surface area contributed by atoms with Gasteiger partial charge in [-0.15, -0.1) is 0 Å². The Balaban J connectivity index is 1.86. The quantitative estimate of drug-likeness (QED) is 0.309. The van der Waals surface area contributed by atoms with Crippen molar-refractivity contribution >= 4 is 26.6 Å². The molecule has 174 valence electrons. The summed E-state index contributed by atoms with van der Waals surface area (Å²) >= 11 is 0. The van der Waals surface area contributed by atoms with Gasteiger partial charge in [-0.3, -0.25) is 19.4 Å². The molecule has 1 aliphatic rings. The molecule has 1 aromatic heterocycles. The topological polar surface area (TPSA) is 139 Å². The van der Waals surface area contributed by atoms with Gasteiger partial charge in [0.25, 0.3) is 11.5 Å². The van der Waals surface area contributed by atoms with E-state index in [1.807, 2.05) is 0 Å². The van der Waals surface area contributed by atoms with Crippen molar-refractivity contribution in [2.24, 2.45) is 11.8 Å². The number of hydroxylamine groups is 1. The largest absolute Gasteiger partial charge is 0.396 e. The van der Waals surface area contributed by atoms with Crippen LogP contribution in [-0.2, 0) is 21.2 Å². The molecular weight excluding hydrogens is 453 g/mol. The van der Waals surface area contributed by atoms with Crippen LogP contribution in [0.5, 0.6) is 0 Å². The number of amides is 1. The second kappa shape index (κ2) is 9.32. The van der Waals surface area contributed by atoms with Gasteiger partial charge in [-0.25, -0.2) is 23.3 Å². The number of sulfone groups is 1. The van der Waals surface area contributed by atoms with Gasteiger partial charge < -0.3 is 5.11 Å². The molecule has 1 saturated carbocycles. The second-order valence-electron chi connectivity index (χ2n) is 8.06. The van der Waals surface area contributed by atoms with Crippen molar-refractivity contribution in [3.05, 3.63) is 40.2 Å². The smallest absolute Gasteiger partial charge is 0.264 e. The molecule has 1 aromatic carbocycles. The highest BCUT2D eigenvalue weighted by Gasteiger charge is 2.43. The Bertz CT molecular complexity index is 1400. The fourth-order valence-electron chi connectivity index (χ4n) is 3.23. The first-order valence-electron chi connectivity index (χ1n) is 9.97. The van der Waals surface area contributed by atoms with E-state index in [1.165, 1.54) is 17.6 Å². The first-order valence-corrected chi connectivity index (χ1v) is 11.9. The molecule has 0 spiro atoms. The van der Waals surface area contributed by atoms with Gasteiger partial charge in [-0.05, 0) is 55.6 Å². The van der Waals surface area contributed by atoms with Crippen LogP contribution in [0.1, 0.15) is 25.3 Å². The van der Waals surface area contributed by atoms with Gasteiger partial charge in [0.1, 0.15) is 5.52 Å². The number of benzene rings is 1. The van der Waals surface area contributed by atoms with E-state index in [4.69, 9.17) is 10.3 Å². The van der Waals surface area contributed by atoms with Gasteiger partial charge in [0.2, 0.25) is 0 Å². The molecule has 1 heterocycles. The lowest BCUT2D eigenvalue weighted by atomic mass is 10.1. The van der Waals surface area contributed by atoms with Gasteiger partial charge in [0.15, 0.2) is 20.4 Å². The first kappa shape index (κ1) is 24.4. The summed E-state index contributed by atoms with van der Waals surface area (Å²) in [4.78, 5) is 28.7. The minimum absolute atomic E-state index is 0.0141. The number of fused-ring (bicyclic) bond motifs is 1. The fourth-order valence-corrected chi connectivity index (χ4v) is 4.07. The molecule has 9 nitrogen and oxygen atoms in total. The number of nitrogens with zero attached hydrogens (tertiary/aromatic N) is 2. The van der Waals surface area contributed by atoms with Crippen molar-refractivity contribution in [1.29, 1.82) is 0 Å². The van der Waals surface area contributed by atoms with Gasteiger partial charge in [-0.2, -0.15) is 0 Å². The average molecular weight is 475 g/mol. The van der Waals surface area contributed by atoms with E-state index >= 15 is 0 Å². The number of aryl methyl sites for hydroxylation is 1. The predicted molar refractivity (Wildman–Crippen MR) is 117 cm³/mol. The summed E-state index contributed by atoms with van der Waals surface area (Å²) in [5.41, 5.74) is 0.532. The molecule has 1 amide bonds. The van der Waals surface area contributed by atoms with E-state index in [0.29, 0.717) is 0 Å². The molecule has 11 heteroatoms. The first-order chi connectivity index (χ1) is 15.5. The number of hydrogen-bond donors (Lipinski definition) is 3. The Morgan fingerprint density at radius 1 is 1.39 bits per heavy atom. The van der Waals surface area contributed by atoms with Crippen LogP contribution < -0.4 is 11.0 Å². The van der Waals surface area contributed by atoms with Crippen molar-refractivity contribution < 1.29 is 27.9 Å². The number of aromatic nitrogens is 2. The maximum atomic E-state index is 14.8. The second-order valence-corrected chi connectivity index (χ2v) is 10.5. The Kier molecular flexibility index (Phi) is 6.89. The number of halogens is 1. The molecule has 0 unspecified atom stereocenters. The number of aliphatic hydroxyl groups excluding tert-OH is 1. The monoisotopic (exact) mass is 475 g/mol. The number of nitrogens with one attached hydrogen (secondary N) is 1. The van der Waals surface area contributed by atoms with Crippen LogP contribution in [0.4, 0.5) is 4.39 Å². The van der Waals surface area contributed by atoms with Crippen LogP contribution in [-0.4, -0.2) is 51.8 Å². The maximum Gasteiger partial charge on any atom is 0.264 e. The third kappa shape index (κ3) is 4.91. The standard InChI is InChI=1S/C22H22FN3O6S/c1-22(21(29)25-30,33(2,31)32)9-10-26-13-24-19-17(20(26)28)8-7-14(18(19)23)5-3-4-6-15-11-16(15)12-27/h7-8,13,15-16,27,30H,9-12H2,1-2H3,(H,25,29)/t15-,16+,22+/m0/s1. The summed E-state index contributed by atoms with van der Waals surface area (Å²) in [6.45, 7) is 0.999. The van der Waals surface area contributed by atoms with Gasteiger partial charge in [-0.1, -0.05) is 5.92 Å². The minimum atomic E-state index is -3.94. The third-order valence-corrected chi connectivity index (χ3v) is 7.86. The summed E-state index contributed by atoms with van der Waals surface area (Å²) in [5, 5.41) is 17.9. The predicted octanol–water partition coefficient (Wildman–Crippen LogP) is 0.218. The van der Waals surface area contributed by atoms with Gasteiger partial charge in [0.05, 0.1) is 17.3 Å². The molecule has 0 saturated heterocycles. The highest BCUT2D eigenvalue weighted by Crippen LogP contribution is 2.36. The summed E-state index contributed by atoms with van der Waals surface area (Å²) in [5.74, 6) is 9.05. The third-order valence-electron chi connectivity index (χ3n) is 5.84. The minimum Gasteiger partial charge on any atom is -0.396 e. The fraction of sp³-hybridized carbons (Fsp3) is 0.409. The molecule has 0 bridgehead atoms. The van der Waals surface area contributed by atoms with Crippen molar-refractivity contribution in [2.45, 2.75) is 31.1 Å². The lowest BCUT2D eigenvalue weighted by Crippen LogP contribution is -2.50. The van der Waals surface area contributed by atoms with E-state index in [9.17, 15) is 22.4 Å². The van der Waals surface area contributed by atoms with Gasteiger partial charge >= 0.3 is 0 Å². The zero-order chi connectivity index (χ0) is 24.4. The molecule has 1 aliphatic carbocycles. The normalized spacial score (nSPS) is 18.9. The van der Waals surface area contributed by atoms with Crippen molar-refractivity contribution in [1.82, 2.24) is 15.0 Å². The van der Waals surface area contributed by atoms with Crippen LogP contribution in [0, 0.1) is 41.3 Å². The highest BCUT2D eigenvalue weighted by atomic mass is 32.2. The number of carbonyl (C=O) groups is 1. The zero-order valence-electron chi connectivity index (χ0n) is 17.9. The van der Waals surface area contributed by atoms with Crippen LogP contribution in [0.2, 0.25) is 0 Å². The molecule has 3 rings (SSSR count). The number of rotatable bonds is 6. The summed E-state index contributed by atoms with van der Waals surface area (Å²) in [6.07, 6.45) is 2.40. The Morgan fingerprint density at radius 3 is 2.73 bits per heavy atom. The lowest BCUT2D eigenvalue weighted by molar-refractivity contribution is -0.131. The van der Waals surface area contributed by atoms with E-state index in [0.717, 1.165) is 30.5 Å². The Hall–Kier alpha value is -3.25. The lowest BCUT2D eigenvalue weighted by Gasteiger charge is -2.25. The van der Waals surface area contributed by atoms with E-state index < -0.39 is 31.9 Å². The average Bonchev–Trinajstić information content (AvgIpc) is 3.54. The van der Waals surface area contributed by atoms with Crippen LogP contribution in [0.25, 0.3) is 10.9 Å². The number of carbonyl (C=O) groups excluding carboxylic acids is 1. The molecule has 3 N–H and O–H groups in total. The van der Waals surface area contributed by atoms with E-state index in [-0.39, 0.29) is 47.9 Å². The molecule has 33 heavy (non-hydrogen) atoms. The van der Waals surface area contributed by atoms with E-state index in [1.54, 1.807) is 0 Å². The van der Waals surface area contributed by atoms with Crippen molar-refractivity contribution in [3.63, 3.8) is 0 Å². The van der Waals surface area contributed by atoms with Crippen LogP contribution in [0.3, 0.4) is 0 Å². The molecule has 0 radical (unpaired) electrons. The van der Waals surface area contributed by atoms with Crippen molar-refractivity contribution in [3.8, 4) is 23.7 Å². The molecule has 3 atom stereocenters. The number of aliphatic hydroxyl groups is 1. The molecule has 1 fully saturated rings. The highest BCUT2D eigenvalue weighted by molar-refractivity contribution is 7.92. The summed E-state index contributed by atoms with van der Waals surface area (Å²) in [7, 11) is -3.94. The zero-order valence-corrected chi connectivity index (χ0v) is 18.7. The van der Waals surface area contributed by atoms with Crippen molar-refractivity contribution in [2.75, 3.05) is 12.9 Å². The summed E-state index contributed by atoms with van der Waals surface area (Å²) in [6, 6.07) is 2.69. The summed E-state index contributed by atoms with van der Waals surface area (Å²) < 4.78 is 38.1. The van der Waals surface area contributed by atoms with Crippen LogP contribution in [0.15, 0.2) is 23.3 Å². The Morgan fingerprint density at radius 2 is 2.12 bits per heavy atom. The van der Waals surface area contributed by atoms with Crippen LogP contribution >= 0.6 is 0 Å².